The minimum absolute atomic E-state index is 0.239. The molecule has 0 amide bonds. The van der Waals surface area contributed by atoms with E-state index in [-0.39, 0.29) is 5.56 Å². The third-order valence-electron chi connectivity index (χ3n) is 2.75. The van der Waals surface area contributed by atoms with Crippen molar-refractivity contribution in [1.29, 1.82) is 0 Å². The van der Waals surface area contributed by atoms with E-state index in [0.717, 1.165) is 4.47 Å². The molecule has 0 atom stereocenters. The first kappa shape index (κ1) is 16.2. The number of halogens is 4. The van der Waals surface area contributed by atoms with Crippen LogP contribution in [0.5, 0.6) is 0 Å². The second-order valence-electron chi connectivity index (χ2n) is 4.31. The molecule has 9 heteroatoms. The largest absolute Gasteiger partial charge is 0.477 e. The van der Waals surface area contributed by atoms with E-state index >= 15 is 0 Å². The Morgan fingerprint density at radius 2 is 1.82 bits per heavy atom. The summed E-state index contributed by atoms with van der Waals surface area (Å²) in [5.41, 5.74) is -1.81. The minimum atomic E-state index is -4.78. The number of carboxylic acids is 1. The summed E-state index contributed by atoms with van der Waals surface area (Å²) in [6.07, 6.45) is -4.78. The predicted molar refractivity (Wildman–Crippen MR) is 72.7 cm³/mol. The molecule has 0 saturated carbocycles. The Balaban J connectivity index is 2.32. The molecule has 1 aromatic heterocycles. The van der Waals surface area contributed by atoms with Gasteiger partial charge in [-0.2, -0.15) is 18.3 Å². The zero-order valence-corrected chi connectivity index (χ0v) is 12.3. The van der Waals surface area contributed by atoms with Crippen LogP contribution in [-0.4, -0.2) is 26.6 Å². The van der Waals surface area contributed by atoms with Crippen LogP contribution >= 0.6 is 15.9 Å². The monoisotopic (exact) mass is 376 g/mol. The fraction of sp³-hybridized carbons (Fsp3) is 0.154. The van der Waals surface area contributed by atoms with Crippen LogP contribution in [0.2, 0.25) is 0 Å². The molecule has 5 nitrogen and oxygen atoms in total. The third kappa shape index (κ3) is 3.53. The first-order valence-electron chi connectivity index (χ1n) is 5.85. The van der Waals surface area contributed by atoms with E-state index in [9.17, 15) is 22.8 Å². The zero-order valence-electron chi connectivity index (χ0n) is 10.8. The Morgan fingerprint density at radius 3 is 2.32 bits per heavy atom. The number of Topliss-reactive ketones (excluding diaryl/α,β-unsaturated/α-hetero) is 1. The molecule has 0 radical (unpaired) electrons. The van der Waals surface area contributed by atoms with Crippen LogP contribution in [0.4, 0.5) is 13.2 Å². The van der Waals surface area contributed by atoms with Crippen molar-refractivity contribution in [3.63, 3.8) is 0 Å². The SMILES string of the molecule is O=C(Cn1nc(C(F)(F)F)cc1C(=O)O)c1ccc(Br)cc1. The molecule has 2 aromatic rings. The molecule has 2 rings (SSSR count). The number of carboxylic acid groups (broad SMARTS) is 1. The number of carbonyl (C=O) groups excluding carboxylic acids is 1. The van der Waals surface area contributed by atoms with Gasteiger partial charge < -0.3 is 5.11 Å². The normalized spacial score (nSPS) is 11.5. The third-order valence-corrected chi connectivity index (χ3v) is 3.28. The first-order chi connectivity index (χ1) is 10.2. The second kappa shape index (κ2) is 5.91. The van der Waals surface area contributed by atoms with E-state index in [0.29, 0.717) is 10.7 Å². The van der Waals surface area contributed by atoms with Gasteiger partial charge in [0, 0.05) is 16.1 Å². The van der Waals surface area contributed by atoms with E-state index in [1.165, 1.54) is 12.1 Å². The van der Waals surface area contributed by atoms with Gasteiger partial charge in [-0.05, 0) is 12.1 Å². The number of benzene rings is 1. The van der Waals surface area contributed by atoms with Gasteiger partial charge in [0.2, 0.25) is 0 Å². The zero-order chi connectivity index (χ0) is 16.5. The topological polar surface area (TPSA) is 72.2 Å². The molecular formula is C13H8BrF3N2O3. The molecule has 0 fully saturated rings. The quantitative estimate of drug-likeness (QED) is 0.831. The Kier molecular flexibility index (Phi) is 4.36. The van der Waals surface area contributed by atoms with Crippen molar-refractivity contribution in [2.75, 3.05) is 0 Å². The molecule has 22 heavy (non-hydrogen) atoms. The summed E-state index contributed by atoms with van der Waals surface area (Å²) < 4.78 is 39.0. The summed E-state index contributed by atoms with van der Waals surface area (Å²) in [7, 11) is 0. The average molecular weight is 377 g/mol. The lowest BCUT2D eigenvalue weighted by Gasteiger charge is -2.05. The fourth-order valence-corrected chi connectivity index (χ4v) is 1.98. The number of nitrogens with zero attached hydrogens (tertiary/aromatic N) is 2. The van der Waals surface area contributed by atoms with Gasteiger partial charge in [-0.3, -0.25) is 4.79 Å². The van der Waals surface area contributed by atoms with Gasteiger partial charge in [0.05, 0.1) is 0 Å². The minimum Gasteiger partial charge on any atom is -0.477 e. The lowest BCUT2D eigenvalue weighted by atomic mass is 10.1. The summed E-state index contributed by atoms with van der Waals surface area (Å²) in [6.45, 7) is -0.598. The summed E-state index contributed by atoms with van der Waals surface area (Å²) >= 11 is 3.19. The molecule has 0 bridgehead atoms. The van der Waals surface area contributed by atoms with Gasteiger partial charge >= 0.3 is 12.1 Å². The highest BCUT2D eigenvalue weighted by atomic mass is 79.9. The summed E-state index contributed by atoms with van der Waals surface area (Å²) in [5, 5.41) is 12.1. The summed E-state index contributed by atoms with van der Waals surface area (Å²) in [4.78, 5) is 23.0. The van der Waals surface area contributed by atoms with Crippen molar-refractivity contribution in [3.8, 4) is 0 Å². The molecular weight excluding hydrogens is 369 g/mol. The fourth-order valence-electron chi connectivity index (χ4n) is 1.71. The van der Waals surface area contributed by atoms with Gasteiger partial charge in [0.15, 0.2) is 11.5 Å². The van der Waals surface area contributed by atoms with Crippen LogP contribution in [0.25, 0.3) is 0 Å². The van der Waals surface area contributed by atoms with Crippen molar-refractivity contribution in [2.24, 2.45) is 0 Å². The molecule has 0 aliphatic carbocycles. The van der Waals surface area contributed by atoms with Crippen molar-refractivity contribution < 1.29 is 27.9 Å². The van der Waals surface area contributed by atoms with Gasteiger partial charge in [-0.25, -0.2) is 9.48 Å². The number of aromatic carboxylic acids is 1. The lowest BCUT2D eigenvalue weighted by molar-refractivity contribution is -0.141. The Bertz CT molecular complexity index is 723. The van der Waals surface area contributed by atoms with E-state index in [2.05, 4.69) is 21.0 Å². The standard InChI is InChI=1S/C13H8BrF3N2O3/c14-8-3-1-7(2-4-8)10(20)6-19-9(12(21)22)5-11(18-19)13(15,16)17/h1-5H,6H2,(H,21,22). The molecule has 0 aliphatic rings. The summed E-state index contributed by atoms with van der Waals surface area (Å²) in [6, 6.07) is 6.53. The van der Waals surface area contributed by atoms with Crippen LogP contribution in [-0.2, 0) is 12.7 Å². The molecule has 116 valence electrons. The molecule has 0 unspecified atom stereocenters. The maximum absolute atomic E-state index is 12.6. The number of alkyl halides is 3. The number of hydrogen-bond acceptors (Lipinski definition) is 3. The van der Waals surface area contributed by atoms with Crippen molar-refractivity contribution >= 4 is 27.7 Å². The van der Waals surface area contributed by atoms with Crippen LogP contribution in [0.15, 0.2) is 34.8 Å². The predicted octanol–water partition coefficient (Wildman–Crippen LogP) is 3.25. The smallest absolute Gasteiger partial charge is 0.435 e. The maximum Gasteiger partial charge on any atom is 0.435 e. The average Bonchev–Trinajstić information content (AvgIpc) is 2.83. The van der Waals surface area contributed by atoms with Gasteiger partial charge in [0.1, 0.15) is 12.2 Å². The highest BCUT2D eigenvalue weighted by molar-refractivity contribution is 9.10. The van der Waals surface area contributed by atoms with Crippen LogP contribution < -0.4 is 0 Å². The number of aromatic nitrogens is 2. The van der Waals surface area contributed by atoms with E-state index in [4.69, 9.17) is 5.11 Å². The van der Waals surface area contributed by atoms with Crippen molar-refractivity contribution in [2.45, 2.75) is 12.7 Å². The highest BCUT2D eigenvalue weighted by Crippen LogP contribution is 2.28. The van der Waals surface area contributed by atoms with Gasteiger partial charge in [0.25, 0.3) is 0 Å². The van der Waals surface area contributed by atoms with Gasteiger partial charge in [-0.1, -0.05) is 28.1 Å². The van der Waals surface area contributed by atoms with Crippen molar-refractivity contribution in [3.05, 3.63) is 51.8 Å². The molecule has 1 aromatic carbocycles. The molecule has 0 aliphatic heterocycles. The molecule has 0 saturated heterocycles. The number of carbonyl (C=O) groups is 2. The summed E-state index contributed by atoms with van der Waals surface area (Å²) in [5.74, 6) is -2.14. The van der Waals surface area contributed by atoms with E-state index in [1.807, 2.05) is 0 Å². The van der Waals surface area contributed by atoms with Crippen LogP contribution in [0.3, 0.4) is 0 Å². The number of hydrogen-bond donors (Lipinski definition) is 1. The van der Waals surface area contributed by atoms with Crippen LogP contribution in [0.1, 0.15) is 26.5 Å². The Morgan fingerprint density at radius 1 is 1.23 bits per heavy atom. The van der Waals surface area contributed by atoms with E-state index < -0.39 is 35.9 Å². The highest BCUT2D eigenvalue weighted by Gasteiger charge is 2.36. The number of ketones is 1. The van der Waals surface area contributed by atoms with E-state index in [1.54, 1.807) is 12.1 Å². The lowest BCUT2D eigenvalue weighted by Crippen LogP contribution is -2.17. The molecule has 1 heterocycles. The second-order valence-corrected chi connectivity index (χ2v) is 5.22. The molecule has 1 N–H and O–H groups in total. The Labute approximate surface area is 130 Å². The van der Waals surface area contributed by atoms with Gasteiger partial charge in [-0.15, -0.1) is 0 Å². The number of rotatable bonds is 4. The maximum atomic E-state index is 12.6. The Hall–Kier alpha value is -2.16. The molecule has 0 spiro atoms. The van der Waals surface area contributed by atoms with Crippen LogP contribution in [0, 0.1) is 0 Å². The van der Waals surface area contributed by atoms with Crippen molar-refractivity contribution in [1.82, 2.24) is 9.78 Å². The first-order valence-corrected chi connectivity index (χ1v) is 6.65.